The smallest absolute Gasteiger partial charge is 0.336 e. The van der Waals surface area contributed by atoms with Gasteiger partial charge in [-0.2, -0.15) is 31.6 Å². The summed E-state index contributed by atoms with van der Waals surface area (Å²) in [5, 5.41) is 13.5. The van der Waals surface area contributed by atoms with Gasteiger partial charge in [0.1, 0.15) is 11.6 Å². The number of hydrogen-bond donors (Lipinski definition) is 2. The molecule has 2 aromatic carbocycles. The summed E-state index contributed by atoms with van der Waals surface area (Å²) >= 11 is 0. The van der Waals surface area contributed by atoms with Gasteiger partial charge in [0.2, 0.25) is 5.91 Å². The van der Waals surface area contributed by atoms with Gasteiger partial charge in [0, 0.05) is 6.26 Å². The molecule has 38 heavy (non-hydrogen) atoms. The van der Waals surface area contributed by atoms with Gasteiger partial charge in [-0.3, -0.25) is 10.1 Å². The number of benzene rings is 2. The first-order chi connectivity index (χ1) is 17.4. The van der Waals surface area contributed by atoms with Crippen molar-refractivity contribution in [2.75, 3.05) is 6.26 Å². The lowest BCUT2D eigenvalue weighted by Crippen LogP contribution is -2.52. The molecule has 0 spiro atoms. The van der Waals surface area contributed by atoms with Crippen molar-refractivity contribution in [3.8, 4) is 17.2 Å². The van der Waals surface area contributed by atoms with Crippen molar-refractivity contribution in [2.24, 2.45) is 5.92 Å². The quantitative estimate of drug-likeness (QED) is 0.416. The molecule has 13 heteroatoms. The van der Waals surface area contributed by atoms with E-state index in [1.807, 2.05) is 6.07 Å². The molecule has 6 nitrogen and oxygen atoms in total. The molecule has 1 fully saturated rings. The maximum Gasteiger partial charge on any atom is 0.407 e. The summed E-state index contributed by atoms with van der Waals surface area (Å²) in [7, 11) is -3.44. The Balaban J connectivity index is 1.88. The molecule has 0 heterocycles. The molecular formula is C25H25F6N3O3S. The van der Waals surface area contributed by atoms with E-state index in [0.717, 1.165) is 25.3 Å². The predicted octanol–water partition coefficient (Wildman–Crippen LogP) is 5.08. The van der Waals surface area contributed by atoms with Gasteiger partial charge in [-0.15, -0.1) is 0 Å². The van der Waals surface area contributed by atoms with Crippen LogP contribution in [0.5, 0.6) is 0 Å². The number of halogens is 6. The normalized spacial score (nSPS) is 17.7. The lowest BCUT2D eigenvalue weighted by molar-refractivity contribution is -0.177. The van der Waals surface area contributed by atoms with Gasteiger partial charge in [-0.05, 0) is 48.1 Å². The van der Waals surface area contributed by atoms with Crippen LogP contribution in [0.3, 0.4) is 0 Å². The molecule has 206 valence electrons. The minimum Gasteiger partial charge on any atom is -0.336 e. The van der Waals surface area contributed by atoms with Crippen LogP contribution in [0.15, 0.2) is 53.4 Å². The van der Waals surface area contributed by atoms with Crippen LogP contribution in [0.25, 0.3) is 11.1 Å². The monoisotopic (exact) mass is 561 g/mol. The first-order valence-corrected chi connectivity index (χ1v) is 13.4. The van der Waals surface area contributed by atoms with E-state index in [0.29, 0.717) is 11.1 Å². The molecule has 0 saturated heterocycles. The van der Waals surface area contributed by atoms with Crippen LogP contribution in [-0.2, 0) is 14.6 Å². The third kappa shape index (κ3) is 7.26. The number of carbonyl (C=O) groups excluding carboxylic acids is 1. The lowest BCUT2D eigenvalue weighted by atomic mass is 9.96. The Morgan fingerprint density at radius 2 is 1.47 bits per heavy atom. The van der Waals surface area contributed by atoms with Gasteiger partial charge in [-0.25, -0.2) is 8.42 Å². The van der Waals surface area contributed by atoms with Crippen molar-refractivity contribution in [1.82, 2.24) is 10.6 Å². The molecule has 1 amide bonds. The molecule has 2 aromatic rings. The van der Waals surface area contributed by atoms with Crippen LogP contribution in [0.1, 0.15) is 37.8 Å². The molecular weight excluding hydrogens is 536 g/mol. The number of nitrogens with one attached hydrogen (secondary N) is 2. The number of alkyl halides is 6. The van der Waals surface area contributed by atoms with Crippen molar-refractivity contribution in [3.63, 3.8) is 0 Å². The summed E-state index contributed by atoms with van der Waals surface area (Å²) in [6.45, 7) is 0.769. The molecule has 0 radical (unpaired) electrons. The Morgan fingerprint density at radius 3 is 1.87 bits per heavy atom. The van der Waals surface area contributed by atoms with Gasteiger partial charge in [0.25, 0.3) is 0 Å². The highest BCUT2D eigenvalue weighted by atomic mass is 32.2. The Hall–Kier alpha value is -3.11. The third-order valence-corrected chi connectivity index (χ3v) is 7.47. The molecule has 1 aliphatic rings. The fourth-order valence-corrected chi connectivity index (χ4v) is 4.42. The fourth-order valence-electron chi connectivity index (χ4n) is 3.79. The van der Waals surface area contributed by atoms with Gasteiger partial charge < -0.3 is 5.32 Å². The van der Waals surface area contributed by atoms with Crippen LogP contribution < -0.4 is 10.6 Å². The average Bonchev–Trinajstić information content (AvgIpc) is 3.59. The van der Waals surface area contributed by atoms with Gasteiger partial charge in [0.05, 0.1) is 22.9 Å². The summed E-state index contributed by atoms with van der Waals surface area (Å²) in [6.07, 6.45) is -9.12. The summed E-state index contributed by atoms with van der Waals surface area (Å²) in [4.78, 5) is 12.8. The summed E-state index contributed by atoms with van der Waals surface area (Å²) in [6, 6.07) is 8.15. The summed E-state index contributed by atoms with van der Waals surface area (Å²) in [5.41, 5.74) is -0.615. The number of carbonyl (C=O) groups is 1. The standard InChI is InChI=1S/C25H25F6N3O3S/c1-15(24(26,27)28)13-20(22(35)34-23(14-32)11-12-23)33-21(25(29,30)31)18-5-3-16(4-6-18)17-7-9-19(10-8-17)38(2,36)37/h3-10,15,20-21,33H,11-13H2,1-2H3,(H,34,35)/t15-,20+,21+/m1/s1. The summed E-state index contributed by atoms with van der Waals surface area (Å²) < 4.78 is 105. The van der Waals surface area contributed by atoms with Crippen molar-refractivity contribution < 1.29 is 39.6 Å². The van der Waals surface area contributed by atoms with E-state index in [4.69, 9.17) is 0 Å². The largest absolute Gasteiger partial charge is 0.407 e. The first kappa shape index (κ1) is 29.4. The first-order valence-electron chi connectivity index (χ1n) is 11.5. The number of amides is 1. The highest BCUT2D eigenvalue weighted by molar-refractivity contribution is 7.90. The molecule has 0 aliphatic heterocycles. The molecule has 3 atom stereocenters. The van der Waals surface area contributed by atoms with Gasteiger partial charge in [0.15, 0.2) is 9.84 Å². The van der Waals surface area contributed by atoms with Crippen LogP contribution in [-0.4, -0.2) is 44.5 Å². The minimum absolute atomic E-state index is 0.0704. The van der Waals surface area contributed by atoms with Crippen molar-refractivity contribution in [1.29, 1.82) is 5.26 Å². The molecule has 0 bridgehead atoms. The molecule has 0 aromatic heterocycles. The average molecular weight is 562 g/mol. The Kier molecular flexibility index (Phi) is 8.19. The number of rotatable bonds is 9. The van der Waals surface area contributed by atoms with E-state index in [9.17, 15) is 44.8 Å². The van der Waals surface area contributed by atoms with Crippen LogP contribution >= 0.6 is 0 Å². The number of nitriles is 1. The maximum atomic E-state index is 14.1. The second-order valence-corrected chi connectivity index (χ2v) is 11.5. The number of sulfone groups is 1. The van der Waals surface area contributed by atoms with Crippen LogP contribution in [0.4, 0.5) is 26.3 Å². The van der Waals surface area contributed by atoms with Crippen molar-refractivity contribution in [2.45, 2.75) is 61.1 Å². The second-order valence-electron chi connectivity index (χ2n) is 9.47. The Labute approximate surface area is 215 Å². The fraction of sp³-hybridized carbons (Fsp3) is 0.440. The van der Waals surface area contributed by atoms with Crippen LogP contribution in [0, 0.1) is 17.2 Å². The molecule has 1 saturated carbocycles. The zero-order chi connectivity index (χ0) is 28.5. The van der Waals surface area contributed by atoms with E-state index in [2.05, 4.69) is 10.6 Å². The highest BCUT2D eigenvalue weighted by Crippen LogP contribution is 2.38. The Bertz CT molecular complexity index is 1300. The second kappa shape index (κ2) is 10.6. The van der Waals surface area contributed by atoms with Crippen molar-refractivity contribution >= 4 is 15.7 Å². The zero-order valence-corrected chi connectivity index (χ0v) is 21.1. The Morgan fingerprint density at radius 1 is 0.974 bits per heavy atom. The van der Waals surface area contributed by atoms with Gasteiger partial charge >= 0.3 is 12.4 Å². The number of nitrogens with zero attached hydrogens (tertiary/aromatic N) is 1. The van der Waals surface area contributed by atoms with Gasteiger partial charge in [-0.1, -0.05) is 43.3 Å². The summed E-state index contributed by atoms with van der Waals surface area (Å²) in [5.74, 6) is -3.20. The van der Waals surface area contributed by atoms with E-state index >= 15 is 0 Å². The van der Waals surface area contributed by atoms with Crippen molar-refractivity contribution in [3.05, 3.63) is 54.1 Å². The molecule has 0 unspecified atom stereocenters. The van der Waals surface area contributed by atoms with Crippen LogP contribution in [0.2, 0.25) is 0 Å². The highest BCUT2D eigenvalue weighted by Gasteiger charge is 2.49. The predicted molar refractivity (Wildman–Crippen MR) is 126 cm³/mol. The molecule has 3 rings (SSSR count). The lowest BCUT2D eigenvalue weighted by Gasteiger charge is -2.30. The SMILES string of the molecule is C[C@H](C[C@H](N[C@@H](c1ccc(-c2ccc(S(C)(=O)=O)cc2)cc1)C(F)(F)F)C(=O)NC1(C#N)CC1)C(F)(F)F. The third-order valence-electron chi connectivity index (χ3n) is 6.35. The zero-order valence-electron chi connectivity index (χ0n) is 20.3. The topological polar surface area (TPSA) is 99.1 Å². The van der Waals surface area contributed by atoms with E-state index in [-0.39, 0.29) is 23.3 Å². The maximum absolute atomic E-state index is 14.1. The molecule has 2 N–H and O–H groups in total. The molecule has 1 aliphatic carbocycles. The minimum atomic E-state index is -4.97. The number of hydrogen-bond acceptors (Lipinski definition) is 5. The van der Waals surface area contributed by atoms with E-state index in [1.54, 1.807) is 0 Å². The van der Waals surface area contributed by atoms with E-state index in [1.165, 1.54) is 36.4 Å². The van der Waals surface area contributed by atoms with E-state index < -0.39 is 58.1 Å².